The van der Waals surface area contributed by atoms with E-state index < -0.39 is 0 Å². The van der Waals surface area contributed by atoms with Crippen molar-refractivity contribution in [3.8, 4) is 17.2 Å². The number of nitrogens with zero attached hydrogens (tertiary/aromatic N) is 2. The van der Waals surface area contributed by atoms with E-state index in [4.69, 9.17) is 14.6 Å². The number of aromatic nitrogens is 2. The Morgan fingerprint density at radius 2 is 1.94 bits per heavy atom. The van der Waals surface area contributed by atoms with E-state index in [1.165, 1.54) is 5.56 Å². The average Bonchev–Trinajstić information content (AvgIpc) is 2.99. The summed E-state index contributed by atoms with van der Waals surface area (Å²) in [5.74, 6) is 2.46. The summed E-state index contributed by atoms with van der Waals surface area (Å²) in [6.45, 7) is 6.64. The van der Waals surface area contributed by atoms with Gasteiger partial charge >= 0.3 is 0 Å². The van der Waals surface area contributed by atoms with Gasteiger partial charge < -0.3 is 14.8 Å². The SMILES string of the molecule is CCOc1ccc(C2SCC(=O)Nc3c2c(C)nn3-c2ccc(CC)cc2)cc1OC. The largest absolute Gasteiger partial charge is 0.493 e. The number of nitrogens with one attached hydrogen (secondary N) is 1. The minimum absolute atomic E-state index is 0.0296. The van der Waals surface area contributed by atoms with E-state index in [0.29, 0.717) is 23.9 Å². The molecule has 2 aromatic carbocycles. The zero-order valence-electron chi connectivity index (χ0n) is 18.3. The number of aryl methyl sites for hydroxylation is 2. The molecule has 4 rings (SSSR count). The summed E-state index contributed by atoms with van der Waals surface area (Å²) in [7, 11) is 1.64. The van der Waals surface area contributed by atoms with Crippen LogP contribution in [0.15, 0.2) is 42.5 Å². The van der Waals surface area contributed by atoms with E-state index in [-0.39, 0.29) is 11.2 Å². The number of rotatable bonds is 6. The van der Waals surface area contributed by atoms with E-state index in [0.717, 1.165) is 34.7 Å². The van der Waals surface area contributed by atoms with Crippen LogP contribution in [-0.4, -0.2) is 35.2 Å². The zero-order valence-corrected chi connectivity index (χ0v) is 19.1. The number of ether oxygens (including phenoxy) is 2. The van der Waals surface area contributed by atoms with Crippen LogP contribution in [0.5, 0.6) is 11.5 Å². The van der Waals surface area contributed by atoms with Gasteiger partial charge in [-0.2, -0.15) is 5.10 Å². The second-order valence-corrected chi connectivity index (χ2v) is 8.46. The fraction of sp³-hybridized carbons (Fsp3) is 0.333. The maximum Gasteiger partial charge on any atom is 0.235 e. The first kappa shape index (κ1) is 21.3. The smallest absolute Gasteiger partial charge is 0.235 e. The first-order valence-electron chi connectivity index (χ1n) is 10.5. The lowest BCUT2D eigenvalue weighted by molar-refractivity contribution is -0.113. The quantitative estimate of drug-likeness (QED) is 0.593. The Morgan fingerprint density at radius 3 is 2.61 bits per heavy atom. The van der Waals surface area contributed by atoms with E-state index in [9.17, 15) is 4.79 Å². The van der Waals surface area contributed by atoms with Gasteiger partial charge in [-0.25, -0.2) is 4.68 Å². The number of hydrogen-bond donors (Lipinski definition) is 1. The maximum atomic E-state index is 12.6. The van der Waals surface area contributed by atoms with Gasteiger partial charge in [0.25, 0.3) is 0 Å². The topological polar surface area (TPSA) is 65.4 Å². The molecule has 1 aliphatic rings. The van der Waals surface area contributed by atoms with E-state index in [2.05, 4.69) is 24.4 Å². The monoisotopic (exact) mass is 437 g/mol. The van der Waals surface area contributed by atoms with Crippen LogP contribution in [0.3, 0.4) is 0 Å². The van der Waals surface area contributed by atoms with Gasteiger partial charge in [-0.05, 0) is 55.7 Å². The third kappa shape index (κ3) is 4.14. The third-order valence-corrected chi connectivity index (χ3v) is 6.66. The molecule has 1 aliphatic heterocycles. The summed E-state index contributed by atoms with van der Waals surface area (Å²) < 4.78 is 13.1. The first-order chi connectivity index (χ1) is 15.0. The minimum Gasteiger partial charge on any atom is -0.493 e. The highest BCUT2D eigenvalue weighted by Crippen LogP contribution is 2.45. The molecule has 162 valence electrons. The lowest BCUT2D eigenvalue weighted by Gasteiger charge is -2.18. The van der Waals surface area contributed by atoms with Crippen molar-refractivity contribution in [2.24, 2.45) is 0 Å². The molecule has 0 radical (unpaired) electrons. The lowest BCUT2D eigenvalue weighted by Crippen LogP contribution is -2.15. The highest BCUT2D eigenvalue weighted by Gasteiger charge is 2.31. The van der Waals surface area contributed by atoms with Crippen molar-refractivity contribution >= 4 is 23.5 Å². The van der Waals surface area contributed by atoms with Crippen LogP contribution in [-0.2, 0) is 11.2 Å². The molecule has 0 aliphatic carbocycles. The average molecular weight is 438 g/mol. The van der Waals surface area contributed by atoms with Crippen LogP contribution in [0.4, 0.5) is 5.82 Å². The number of fused-ring (bicyclic) bond motifs is 1. The highest BCUT2D eigenvalue weighted by molar-refractivity contribution is 8.00. The Labute approximate surface area is 186 Å². The number of benzene rings is 2. The van der Waals surface area contributed by atoms with Crippen LogP contribution in [0.1, 0.15) is 41.5 Å². The Morgan fingerprint density at radius 1 is 1.16 bits per heavy atom. The Kier molecular flexibility index (Phi) is 6.23. The molecule has 3 aromatic rings. The molecule has 6 nitrogen and oxygen atoms in total. The zero-order chi connectivity index (χ0) is 22.0. The van der Waals surface area contributed by atoms with Crippen molar-refractivity contribution < 1.29 is 14.3 Å². The standard InChI is InChI=1S/C24H27N3O3S/c1-5-16-7-10-18(11-8-16)27-24-22(15(3)26-27)23(31-14-21(28)25-24)17-9-12-19(30-6-2)20(13-17)29-4/h7-13,23H,5-6,14H2,1-4H3,(H,25,28). The van der Waals surface area contributed by atoms with Crippen molar-refractivity contribution in [1.29, 1.82) is 0 Å². The van der Waals surface area contributed by atoms with Crippen LogP contribution < -0.4 is 14.8 Å². The van der Waals surface area contributed by atoms with Crippen molar-refractivity contribution in [2.45, 2.75) is 32.4 Å². The molecule has 1 unspecified atom stereocenters. The summed E-state index contributed by atoms with van der Waals surface area (Å²) in [6.07, 6.45) is 0.978. The Bertz CT molecular complexity index is 1090. The molecule has 1 aromatic heterocycles. The minimum atomic E-state index is -0.0535. The highest BCUT2D eigenvalue weighted by atomic mass is 32.2. The number of hydrogen-bond acceptors (Lipinski definition) is 5. The van der Waals surface area contributed by atoms with Gasteiger partial charge in [-0.1, -0.05) is 25.1 Å². The first-order valence-corrected chi connectivity index (χ1v) is 11.5. The fourth-order valence-corrected chi connectivity index (χ4v) is 5.01. The van der Waals surface area contributed by atoms with Gasteiger partial charge in [0.1, 0.15) is 5.82 Å². The molecule has 1 amide bonds. The molecule has 0 saturated carbocycles. The molecular weight excluding hydrogens is 410 g/mol. The van der Waals surface area contributed by atoms with Crippen molar-refractivity contribution in [2.75, 3.05) is 24.8 Å². The number of carbonyl (C=O) groups excluding carboxylic acids is 1. The number of methoxy groups -OCH3 is 1. The van der Waals surface area contributed by atoms with Gasteiger partial charge in [0.15, 0.2) is 11.5 Å². The number of thioether (sulfide) groups is 1. The molecular formula is C24H27N3O3S. The van der Waals surface area contributed by atoms with Gasteiger partial charge in [0, 0.05) is 5.56 Å². The Balaban J connectivity index is 1.81. The number of amides is 1. The van der Waals surface area contributed by atoms with E-state index >= 15 is 0 Å². The van der Waals surface area contributed by atoms with Crippen molar-refractivity contribution in [3.05, 3.63) is 64.8 Å². The summed E-state index contributed by atoms with van der Waals surface area (Å²) in [6, 6.07) is 14.3. The molecule has 0 fully saturated rings. The molecule has 0 saturated heterocycles. The van der Waals surface area contributed by atoms with Gasteiger partial charge in [-0.3, -0.25) is 4.79 Å². The molecule has 2 heterocycles. The van der Waals surface area contributed by atoms with E-state index in [1.54, 1.807) is 18.9 Å². The molecule has 0 spiro atoms. The normalized spacial score (nSPS) is 15.7. The van der Waals surface area contributed by atoms with Crippen LogP contribution in [0.2, 0.25) is 0 Å². The van der Waals surface area contributed by atoms with Crippen LogP contribution in [0.25, 0.3) is 5.69 Å². The van der Waals surface area contributed by atoms with Crippen LogP contribution in [0, 0.1) is 6.92 Å². The van der Waals surface area contributed by atoms with Crippen molar-refractivity contribution in [1.82, 2.24) is 9.78 Å². The molecule has 1 atom stereocenters. The number of anilines is 1. The van der Waals surface area contributed by atoms with Gasteiger partial charge in [0.2, 0.25) is 5.91 Å². The predicted molar refractivity (Wildman–Crippen MR) is 125 cm³/mol. The summed E-state index contributed by atoms with van der Waals surface area (Å²) in [4.78, 5) is 12.6. The van der Waals surface area contributed by atoms with Gasteiger partial charge in [0.05, 0.1) is 36.1 Å². The van der Waals surface area contributed by atoms with E-state index in [1.807, 2.05) is 48.9 Å². The maximum absolute atomic E-state index is 12.6. The molecule has 7 heteroatoms. The van der Waals surface area contributed by atoms with Crippen LogP contribution >= 0.6 is 11.8 Å². The Hall–Kier alpha value is -2.93. The van der Waals surface area contributed by atoms with Gasteiger partial charge in [-0.15, -0.1) is 11.8 Å². The summed E-state index contributed by atoms with van der Waals surface area (Å²) in [5, 5.41) is 7.82. The van der Waals surface area contributed by atoms with Crippen molar-refractivity contribution in [3.63, 3.8) is 0 Å². The predicted octanol–water partition coefficient (Wildman–Crippen LogP) is 4.93. The number of carbonyl (C=O) groups is 1. The lowest BCUT2D eigenvalue weighted by atomic mass is 10.0. The molecule has 0 bridgehead atoms. The second-order valence-electron chi connectivity index (χ2n) is 7.36. The summed E-state index contributed by atoms with van der Waals surface area (Å²) in [5.41, 5.74) is 5.14. The second kappa shape index (κ2) is 9.06. The summed E-state index contributed by atoms with van der Waals surface area (Å²) >= 11 is 1.59. The third-order valence-electron chi connectivity index (χ3n) is 5.39. The molecule has 31 heavy (non-hydrogen) atoms. The fourth-order valence-electron chi connectivity index (χ4n) is 3.83. The molecule has 1 N–H and O–H groups in total.